The molecule has 0 atom stereocenters. The van der Waals surface area contributed by atoms with E-state index in [1.54, 1.807) is 28.8 Å². The molecule has 0 aliphatic carbocycles. The van der Waals surface area contributed by atoms with Gasteiger partial charge in [0, 0.05) is 23.2 Å². The first-order valence-corrected chi connectivity index (χ1v) is 9.09. The average Bonchev–Trinajstić information content (AvgIpc) is 2.88. The van der Waals surface area contributed by atoms with Crippen LogP contribution in [-0.2, 0) is 13.6 Å². The molecule has 0 aliphatic rings. The molecule has 2 aromatic carbocycles. The number of rotatable bonds is 6. The molecule has 1 aromatic heterocycles. The van der Waals surface area contributed by atoms with Gasteiger partial charge in [0.15, 0.2) is 5.78 Å². The van der Waals surface area contributed by atoms with Crippen LogP contribution in [0, 0.1) is 5.41 Å². The van der Waals surface area contributed by atoms with E-state index in [0.29, 0.717) is 16.2 Å². The number of ketones is 1. The number of halogens is 1. The van der Waals surface area contributed by atoms with Gasteiger partial charge in [-0.1, -0.05) is 49.2 Å². The second-order valence-corrected chi connectivity index (χ2v) is 6.74. The summed E-state index contributed by atoms with van der Waals surface area (Å²) < 4.78 is 3.58. The molecule has 0 saturated carbocycles. The molecule has 0 amide bonds. The number of imidazole rings is 1. The monoisotopic (exact) mass is 367 g/mol. The van der Waals surface area contributed by atoms with Crippen LogP contribution in [0.1, 0.15) is 35.7 Å². The second-order valence-electron chi connectivity index (χ2n) is 6.30. The van der Waals surface area contributed by atoms with Gasteiger partial charge in [0.1, 0.15) is 0 Å². The zero-order valence-electron chi connectivity index (χ0n) is 15.0. The third-order valence-electron chi connectivity index (χ3n) is 4.47. The summed E-state index contributed by atoms with van der Waals surface area (Å²) in [7, 11) is 1.87. The lowest BCUT2D eigenvalue weighted by Crippen LogP contribution is -2.25. The van der Waals surface area contributed by atoms with E-state index >= 15 is 0 Å². The number of aromatic nitrogens is 2. The molecule has 1 N–H and O–H groups in total. The van der Waals surface area contributed by atoms with E-state index in [4.69, 9.17) is 17.0 Å². The van der Waals surface area contributed by atoms with Crippen molar-refractivity contribution >= 4 is 34.5 Å². The Kier molecular flexibility index (Phi) is 5.43. The number of hydrogen-bond donors (Lipinski definition) is 1. The molecule has 0 saturated heterocycles. The van der Waals surface area contributed by atoms with Crippen LogP contribution in [0.3, 0.4) is 0 Å². The Hall–Kier alpha value is -2.59. The Labute approximate surface area is 157 Å². The van der Waals surface area contributed by atoms with E-state index in [1.807, 2.05) is 29.8 Å². The number of carbonyl (C=O) groups is 1. The molecule has 134 valence electrons. The van der Waals surface area contributed by atoms with Crippen LogP contribution >= 0.6 is 11.6 Å². The van der Waals surface area contributed by atoms with Crippen molar-refractivity contribution in [3.63, 3.8) is 0 Å². The molecule has 1 heterocycles. The first kappa shape index (κ1) is 18.2. The highest BCUT2D eigenvalue weighted by molar-refractivity contribution is 6.30. The normalized spacial score (nSPS) is 11.5. The summed E-state index contributed by atoms with van der Waals surface area (Å²) in [6, 6.07) is 12.8. The quantitative estimate of drug-likeness (QED) is 0.624. The average molecular weight is 368 g/mol. The van der Waals surface area contributed by atoms with Crippen molar-refractivity contribution in [3.05, 3.63) is 70.3 Å². The number of hydrogen-bond acceptors (Lipinski definition) is 2. The van der Waals surface area contributed by atoms with Crippen molar-refractivity contribution in [1.29, 1.82) is 5.41 Å². The largest absolute Gasteiger partial charge is 0.313 e. The topological polar surface area (TPSA) is 50.8 Å². The summed E-state index contributed by atoms with van der Waals surface area (Å²) in [5, 5.41) is 9.05. The van der Waals surface area contributed by atoms with Gasteiger partial charge < -0.3 is 9.13 Å². The molecule has 0 spiro atoms. The predicted molar refractivity (Wildman–Crippen MR) is 106 cm³/mol. The third kappa shape index (κ3) is 3.51. The molecule has 4 nitrogen and oxygen atoms in total. The van der Waals surface area contributed by atoms with Crippen LogP contribution in [0.4, 0.5) is 0 Å². The number of benzene rings is 2. The Morgan fingerprint density at radius 2 is 1.92 bits per heavy atom. The van der Waals surface area contributed by atoms with Gasteiger partial charge in [-0.3, -0.25) is 10.2 Å². The Morgan fingerprint density at radius 1 is 1.19 bits per heavy atom. The van der Waals surface area contributed by atoms with Crippen molar-refractivity contribution in [1.82, 2.24) is 9.13 Å². The van der Waals surface area contributed by atoms with E-state index in [9.17, 15) is 4.79 Å². The zero-order chi connectivity index (χ0) is 18.7. The predicted octanol–water partition coefficient (Wildman–Crippen LogP) is 4.81. The molecular weight excluding hydrogens is 346 g/mol. The van der Waals surface area contributed by atoms with Gasteiger partial charge in [0.2, 0.25) is 5.62 Å². The number of fused-ring (bicyclic) bond motifs is 1. The second kappa shape index (κ2) is 7.75. The lowest BCUT2D eigenvalue weighted by Gasteiger charge is -2.05. The standard InChI is InChI=1S/C21H22ClN3O/c1-3-4-5-7-16-8-6-9-18-20(16)24(2)21(23)25(18)14-19(26)15-10-12-17(22)13-11-15/h5-13,23H,3-4,14H2,1-2H3/b7-5+,23-21?. The molecule has 0 radical (unpaired) electrons. The highest BCUT2D eigenvalue weighted by Gasteiger charge is 2.14. The summed E-state index contributed by atoms with van der Waals surface area (Å²) in [5.41, 5.74) is 3.81. The summed E-state index contributed by atoms with van der Waals surface area (Å²) in [5.74, 6) is -0.0420. The van der Waals surface area contributed by atoms with Crippen molar-refractivity contribution < 1.29 is 4.79 Å². The Morgan fingerprint density at radius 3 is 2.62 bits per heavy atom. The van der Waals surface area contributed by atoms with Gasteiger partial charge in [-0.25, -0.2) is 0 Å². The van der Waals surface area contributed by atoms with E-state index < -0.39 is 0 Å². The van der Waals surface area contributed by atoms with Gasteiger partial charge in [-0.05, 0) is 36.8 Å². The van der Waals surface area contributed by atoms with Crippen molar-refractivity contribution in [2.45, 2.75) is 26.3 Å². The van der Waals surface area contributed by atoms with Crippen LogP contribution in [-0.4, -0.2) is 14.9 Å². The van der Waals surface area contributed by atoms with Crippen LogP contribution < -0.4 is 5.62 Å². The molecule has 0 bridgehead atoms. The van der Waals surface area contributed by atoms with Gasteiger partial charge in [-0.2, -0.15) is 0 Å². The van der Waals surface area contributed by atoms with E-state index in [2.05, 4.69) is 19.1 Å². The summed E-state index contributed by atoms with van der Waals surface area (Å²) in [6.45, 7) is 2.27. The SMILES string of the molecule is CCC/C=C/c1cccc2c1n(C)c(=N)n2CC(=O)c1ccc(Cl)cc1. The lowest BCUT2D eigenvalue weighted by atomic mass is 10.1. The lowest BCUT2D eigenvalue weighted by molar-refractivity contribution is 0.0971. The number of Topliss-reactive ketones (excluding diaryl/α,β-unsaturated/α-hetero) is 1. The highest BCUT2D eigenvalue weighted by atomic mass is 35.5. The number of nitrogens with one attached hydrogen (secondary N) is 1. The van der Waals surface area contributed by atoms with E-state index in [-0.39, 0.29) is 12.3 Å². The molecule has 3 rings (SSSR count). The van der Waals surface area contributed by atoms with Gasteiger partial charge in [0.05, 0.1) is 17.6 Å². The minimum Gasteiger partial charge on any atom is -0.313 e. The van der Waals surface area contributed by atoms with Crippen molar-refractivity contribution in [3.8, 4) is 0 Å². The number of carbonyl (C=O) groups excluding carboxylic acids is 1. The van der Waals surface area contributed by atoms with Crippen LogP contribution in [0.5, 0.6) is 0 Å². The number of allylic oxidation sites excluding steroid dienone is 1. The number of aryl methyl sites for hydroxylation is 1. The molecule has 26 heavy (non-hydrogen) atoms. The summed E-state index contributed by atoms with van der Waals surface area (Å²) in [6.07, 6.45) is 6.35. The number of unbranched alkanes of at least 4 members (excludes halogenated alkanes) is 1. The maximum atomic E-state index is 12.7. The van der Waals surface area contributed by atoms with Gasteiger partial charge in [-0.15, -0.1) is 0 Å². The first-order valence-electron chi connectivity index (χ1n) is 8.71. The van der Waals surface area contributed by atoms with Crippen LogP contribution in [0.15, 0.2) is 48.5 Å². The summed E-state index contributed by atoms with van der Waals surface area (Å²) in [4.78, 5) is 12.7. The smallest absolute Gasteiger partial charge is 0.203 e. The molecule has 5 heteroatoms. The highest BCUT2D eigenvalue weighted by Crippen LogP contribution is 2.20. The third-order valence-corrected chi connectivity index (χ3v) is 4.72. The Bertz CT molecular complexity index is 1030. The van der Waals surface area contributed by atoms with Gasteiger partial charge >= 0.3 is 0 Å². The minimum absolute atomic E-state index is 0.0420. The number of nitrogens with zero attached hydrogens (tertiary/aromatic N) is 2. The molecule has 0 aliphatic heterocycles. The Balaban J connectivity index is 2.03. The molecule has 3 aromatic rings. The minimum atomic E-state index is -0.0420. The summed E-state index contributed by atoms with van der Waals surface area (Å²) >= 11 is 5.90. The van der Waals surface area contributed by atoms with Crippen LogP contribution in [0.2, 0.25) is 5.02 Å². The van der Waals surface area contributed by atoms with Gasteiger partial charge in [0.25, 0.3) is 0 Å². The maximum absolute atomic E-state index is 12.7. The zero-order valence-corrected chi connectivity index (χ0v) is 15.8. The first-order chi connectivity index (χ1) is 12.5. The fraction of sp³-hybridized carbons (Fsp3) is 0.238. The fourth-order valence-corrected chi connectivity index (χ4v) is 3.20. The molecule has 0 unspecified atom stereocenters. The van der Waals surface area contributed by atoms with Crippen molar-refractivity contribution in [2.75, 3.05) is 0 Å². The molecular formula is C21H22ClN3O. The maximum Gasteiger partial charge on any atom is 0.203 e. The van der Waals surface area contributed by atoms with Crippen LogP contribution in [0.25, 0.3) is 17.1 Å². The number of para-hydroxylation sites is 1. The fourth-order valence-electron chi connectivity index (χ4n) is 3.08. The van der Waals surface area contributed by atoms with Crippen molar-refractivity contribution in [2.24, 2.45) is 7.05 Å². The van der Waals surface area contributed by atoms with E-state index in [0.717, 1.165) is 29.4 Å². The van der Waals surface area contributed by atoms with E-state index in [1.165, 1.54) is 0 Å². The molecule has 0 fully saturated rings.